The second-order valence-corrected chi connectivity index (χ2v) is 9.98. The Morgan fingerprint density at radius 1 is 1.12 bits per heavy atom. The van der Waals surface area contributed by atoms with Crippen LogP contribution >= 0.6 is 0 Å². The molecule has 1 aliphatic rings. The minimum absolute atomic E-state index is 0.0750. The molecular weight excluding hydrogens is 436 g/mol. The molecule has 0 fully saturated rings. The van der Waals surface area contributed by atoms with Gasteiger partial charge in [0.15, 0.2) is 0 Å². The molecule has 5 nitrogen and oxygen atoms in total. The average Bonchev–Trinajstić information content (AvgIpc) is 3.22. The number of rotatable bonds is 7. The number of amides is 2. The molecule has 1 aliphatic heterocycles. The lowest BCUT2D eigenvalue weighted by molar-refractivity contribution is -0.139. The van der Waals surface area contributed by atoms with E-state index in [-0.39, 0.29) is 35.9 Å². The average molecular weight is 470 g/mol. The number of likely N-dealkylation sites (N-methyl/N-ethyl adjacent to an activating group) is 1. The van der Waals surface area contributed by atoms with Crippen molar-refractivity contribution in [2.75, 3.05) is 33.7 Å². The number of carbonyl (C=O) groups is 2. The first-order valence-corrected chi connectivity index (χ1v) is 11.4. The van der Waals surface area contributed by atoms with Crippen LogP contribution in [0.4, 0.5) is 8.78 Å². The van der Waals surface area contributed by atoms with Gasteiger partial charge in [-0.3, -0.25) is 9.59 Å². The standard InChI is InChI=1S/C27H33F2N3O2/c1-27(2,3)22(15-30-16-25(33)31(4)5)26(34)32-17-19(21-14-20(28)11-12-23(21)29)13-24(32)18-9-7-6-8-10-18/h6-14,22,24,30H,15-17H2,1-5H3/t22-,24+/m1/s1. The van der Waals surface area contributed by atoms with Crippen LogP contribution in [0.25, 0.3) is 5.57 Å². The minimum Gasteiger partial charge on any atom is -0.348 e. The summed E-state index contributed by atoms with van der Waals surface area (Å²) in [6, 6.07) is 12.5. The van der Waals surface area contributed by atoms with Crippen LogP contribution in [0.1, 0.15) is 37.9 Å². The van der Waals surface area contributed by atoms with E-state index in [1.165, 1.54) is 11.0 Å². The van der Waals surface area contributed by atoms with Crippen molar-refractivity contribution in [3.63, 3.8) is 0 Å². The molecule has 0 aliphatic carbocycles. The van der Waals surface area contributed by atoms with Crippen molar-refractivity contribution in [3.8, 4) is 0 Å². The van der Waals surface area contributed by atoms with Crippen LogP contribution < -0.4 is 5.32 Å². The van der Waals surface area contributed by atoms with Gasteiger partial charge in [0, 0.05) is 32.7 Å². The Hall–Kier alpha value is -3.06. The molecule has 2 amide bonds. The largest absolute Gasteiger partial charge is 0.348 e. The highest BCUT2D eigenvalue weighted by molar-refractivity contribution is 5.85. The molecule has 1 heterocycles. The van der Waals surface area contributed by atoms with Gasteiger partial charge in [0.05, 0.1) is 18.5 Å². The normalized spacial score (nSPS) is 16.9. The fourth-order valence-electron chi connectivity index (χ4n) is 4.12. The van der Waals surface area contributed by atoms with Crippen molar-refractivity contribution in [2.24, 2.45) is 11.3 Å². The summed E-state index contributed by atoms with van der Waals surface area (Å²) in [6.45, 7) is 6.58. The van der Waals surface area contributed by atoms with Gasteiger partial charge in [0.2, 0.25) is 11.8 Å². The van der Waals surface area contributed by atoms with Crippen molar-refractivity contribution < 1.29 is 18.4 Å². The van der Waals surface area contributed by atoms with Gasteiger partial charge in [-0.1, -0.05) is 57.2 Å². The highest BCUT2D eigenvalue weighted by Gasteiger charge is 2.39. The van der Waals surface area contributed by atoms with E-state index >= 15 is 0 Å². The van der Waals surface area contributed by atoms with E-state index in [0.29, 0.717) is 12.1 Å². The second-order valence-electron chi connectivity index (χ2n) is 9.98. The minimum atomic E-state index is -0.527. The summed E-state index contributed by atoms with van der Waals surface area (Å²) in [5.74, 6) is -1.66. The Labute approximate surface area is 200 Å². The molecule has 0 radical (unpaired) electrons. The maximum Gasteiger partial charge on any atom is 0.236 e. The maximum absolute atomic E-state index is 14.6. The number of benzene rings is 2. The summed E-state index contributed by atoms with van der Waals surface area (Å²) in [5.41, 5.74) is 1.24. The predicted molar refractivity (Wildman–Crippen MR) is 130 cm³/mol. The van der Waals surface area contributed by atoms with E-state index in [4.69, 9.17) is 0 Å². The predicted octanol–water partition coefficient (Wildman–Crippen LogP) is 4.27. The van der Waals surface area contributed by atoms with Crippen molar-refractivity contribution in [1.29, 1.82) is 0 Å². The number of nitrogens with zero attached hydrogens (tertiary/aromatic N) is 2. The Morgan fingerprint density at radius 3 is 2.41 bits per heavy atom. The van der Waals surface area contributed by atoms with E-state index in [9.17, 15) is 18.4 Å². The molecule has 182 valence electrons. The summed E-state index contributed by atoms with van der Waals surface area (Å²) in [7, 11) is 3.37. The lowest BCUT2D eigenvalue weighted by Crippen LogP contribution is -2.47. The highest BCUT2D eigenvalue weighted by atomic mass is 19.1. The van der Waals surface area contributed by atoms with E-state index in [2.05, 4.69) is 5.32 Å². The summed E-state index contributed by atoms with van der Waals surface area (Å²) in [4.78, 5) is 29.1. The third-order valence-electron chi connectivity index (χ3n) is 6.20. The third-order valence-corrected chi connectivity index (χ3v) is 6.20. The molecule has 0 saturated heterocycles. The SMILES string of the molecule is CN(C)C(=O)CNC[C@H](C(=O)N1CC(c2cc(F)ccc2F)=C[C@H]1c1ccccc1)C(C)(C)C. The van der Waals surface area contributed by atoms with E-state index in [0.717, 1.165) is 17.7 Å². The zero-order chi connectivity index (χ0) is 25.0. The van der Waals surface area contributed by atoms with Crippen LogP contribution in [0.5, 0.6) is 0 Å². The summed E-state index contributed by atoms with van der Waals surface area (Å²) in [5, 5.41) is 3.13. The molecule has 0 saturated carbocycles. The lowest BCUT2D eigenvalue weighted by Gasteiger charge is -2.36. The maximum atomic E-state index is 14.6. The zero-order valence-electron chi connectivity index (χ0n) is 20.4. The Bertz CT molecular complexity index is 1060. The molecule has 3 rings (SSSR count). The lowest BCUT2D eigenvalue weighted by atomic mass is 9.79. The highest BCUT2D eigenvalue weighted by Crippen LogP contribution is 2.38. The van der Waals surface area contributed by atoms with Gasteiger partial charge in [-0.25, -0.2) is 8.78 Å². The molecule has 7 heteroatoms. The molecule has 0 bridgehead atoms. The number of hydrogen-bond acceptors (Lipinski definition) is 3. The summed E-state index contributed by atoms with van der Waals surface area (Å²) < 4.78 is 28.5. The van der Waals surface area contributed by atoms with E-state index in [1.807, 2.05) is 57.2 Å². The molecule has 0 unspecified atom stereocenters. The van der Waals surface area contributed by atoms with Crippen LogP contribution in [-0.4, -0.2) is 55.3 Å². The third kappa shape index (κ3) is 5.89. The molecule has 1 N–H and O–H groups in total. The number of hydrogen-bond donors (Lipinski definition) is 1. The number of halogens is 2. The van der Waals surface area contributed by atoms with E-state index < -0.39 is 23.6 Å². The van der Waals surface area contributed by atoms with Crippen LogP contribution in [0.2, 0.25) is 0 Å². The van der Waals surface area contributed by atoms with Crippen LogP contribution in [0, 0.1) is 23.0 Å². The van der Waals surface area contributed by atoms with Crippen molar-refractivity contribution >= 4 is 17.4 Å². The van der Waals surface area contributed by atoms with Crippen molar-refractivity contribution in [1.82, 2.24) is 15.1 Å². The monoisotopic (exact) mass is 469 g/mol. The Balaban J connectivity index is 1.92. The fraction of sp³-hybridized carbons (Fsp3) is 0.407. The molecule has 2 aromatic carbocycles. The molecular formula is C27H33F2N3O2. The Kier molecular flexibility index (Phi) is 7.87. The molecule has 2 aromatic rings. The van der Waals surface area contributed by atoms with E-state index in [1.54, 1.807) is 19.0 Å². The van der Waals surface area contributed by atoms with Crippen molar-refractivity contribution in [2.45, 2.75) is 26.8 Å². The second kappa shape index (κ2) is 10.5. The first kappa shape index (κ1) is 25.6. The summed E-state index contributed by atoms with van der Waals surface area (Å²) in [6.07, 6.45) is 1.84. The smallest absolute Gasteiger partial charge is 0.236 e. The van der Waals surface area contributed by atoms with Crippen LogP contribution in [0.15, 0.2) is 54.6 Å². The zero-order valence-corrected chi connectivity index (χ0v) is 20.4. The first-order chi connectivity index (χ1) is 16.0. The molecule has 0 spiro atoms. The molecule has 0 aromatic heterocycles. The van der Waals surface area contributed by atoms with Crippen LogP contribution in [-0.2, 0) is 9.59 Å². The van der Waals surface area contributed by atoms with Gasteiger partial charge in [0.25, 0.3) is 0 Å². The number of carbonyl (C=O) groups excluding carboxylic acids is 2. The van der Waals surface area contributed by atoms with Gasteiger partial charge in [-0.2, -0.15) is 0 Å². The molecule has 2 atom stereocenters. The van der Waals surface area contributed by atoms with Gasteiger partial charge >= 0.3 is 0 Å². The fourth-order valence-corrected chi connectivity index (χ4v) is 4.12. The van der Waals surface area contributed by atoms with Gasteiger partial charge in [-0.15, -0.1) is 0 Å². The topological polar surface area (TPSA) is 52.7 Å². The van der Waals surface area contributed by atoms with Gasteiger partial charge in [-0.05, 0) is 34.8 Å². The molecule has 34 heavy (non-hydrogen) atoms. The quantitative estimate of drug-likeness (QED) is 0.659. The van der Waals surface area contributed by atoms with Gasteiger partial charge < -0.3 is 15.1 Å². The van der Waals surface area contributed by atoms with Crippen molar-refractivity contribution in [3.05, 3.63) is 77.4 Å². The number of nitrogens with one attached hydrogen (secondary N) is 1. The summed E-state index contributed by atoms with van der Waals surface area (Å²) >= 11 is 0. The first-order valence-electron chi connectivity index (χ1n) is 11.4. The Morgan fingerprint density at radius 2 is 1.79 bits per heavy atom. The van der Waals surface area contributed by atoms with Gasteiger partial charge in [0.1, 0.15) is 11.6 Å². The van der Waals surface area contributed by atoms with Crippen LogP contribution in [0.3, 0.4) is 0 Å².